The molecule has 0 amide bonds. The van der Waals surface area contributed by atoms with Crippen molar-refractivity contribution in [2.24, 2.45) is 0 Å². The summed E-state index contributed by atoms with van der Waals surface area (Å²) in [5.74, 6) is 0.425. The lowest BCUT2D eigenvalue weighted by Gasteiger charge is -2.14. The van der Waals surface area contributed by atoms with Crippen LogP contribution in [0.2, 0.25) is 0 Å². The number of hydrogen-bond donors (Lipinski definition) is 1. The first kappa shape index (κ1) is 16.0. The van der Waals surface area contributed by atoms with Crippen molar-refractivity contribution in [1.29, 1.82) is 0 Å². The van der Waals surface area contributed by atoms with E-state index in [1.54, 1.807) is 6.07 Å². The average Bonchev–Trinajstić information content (AvgIpc) is 2.34. The van der Waals surface area contributed by atoms with Gasteiger partial charge < -0.3 is 4.74 Å². The zero-order valence-corrected chi connectivity index (χ0v) is 12.9. The molecule has 0 atom stereocenters. The quantitative estimate of drug-likeness (QED) is 0.784. The minimum atomic E-state index is -3.50. The number of aryl methyl sites for hydroxylation is 2. The molecule has 5 heteroatoms. The average molecular weight is 285 g/mol. The Bertz CT molecular complexity index is 524. The molecule has 19 heavy (non-hydrogen) atoms. The van der Waals surface area contributed by atoms with Gasteiger partial charge in [0.1, 0.15) is 10.6 Å². The summed E-state index contributed by atoms with van der Waals surface area (Å²) < 4.78 is 32.4. The molecule has 0 unspecified atom stereocenters. The summed E-state index contributed by atoms with van der Waals surface area (Å²) in [6, 6.07) is 3.56. The minimum absolute atomic E-state index is 0.226. The molecule has 0 aliphatic rings. The summed E-state index contributed by atoms with van der Waals surface area (Å²) in [6.45, 7) is 6.28. The van der Waals surface area contributed by atoms with Gasteiger partial charge in [-0.25, -0.2) is 13.1 Å². The predicted octanol–water partition coefficient (Wildman–Crippen LogP) is 2.78. The van der Waals surface area contributed by atoms with E-state index in [4.69, 9.17) is 4.74 Å². The van der Waals surface area contributed by atoms with Crippen molar-refractivity contribution >= 4 is 10.0 Å². The zero-order chi connectivity index (χ0) is 14.5. The smallest absolute Gasteiger partial charge is 0.244 e. The highest BCUT2D eigenvalue weighted by Crippen LogP contribution is 2.28. The standard InChI is InChI=1S/C14H23NO3S/c1-5-6-7-8-15-19(16,17)13-10-11(2)9-12(3)14(13)18-4/h9-10,15H,5-8H2,1-4H3. The Morgan fingerprint density at radius 3 is 2.47 bits per heavy atom. The lowest BCUT2D eigenvalue weighted by molar-refractivity contribution is 0.399. The lowest BCUT2D eigenvalue weighted by atomic mass is 10.1. The van der Waals surface area contributed by atoms with Gasteiger partial charge in [0.2, 0.25) is 10.0 Å². The molecule has 0 fully saturated rings. The molecule has 0 radical (unpaired) electrons. The Kier molecular flexibility index (Phi) is 5.82. The van der Waals surface area contributed by atoms with Gasteiger partial charge >= 0.3 is 0 Å². The molecule has 4 nitrogen and oxygen atoms in total. The van der Waals surface area contributed by atoms with Gasteiger partial charge in [0.05, 0.1) is 7.11 Å². The molecular formula is C14H23NO3S. The van der Waals surface area contributed by atoms with Crippen LogP contribution in [0.4, 0.5) is 0 Å². The summed E-state index contributed by atoms with van der Waals surface area (Å²) in [5, 5.41) is 0. The lowest BCUT2D eigenvalue weighted by Crippen LogP contribution is -2.25. The Morgan fingerprint density at radius 1 is 1.21 bits per heavy atom. The molecule has 0 heterocycles. The number of nitrogens with one attached hydrogen (secondary N) is 1. The molecule has 1 aromatic carbocycles. The third kappa shape index (κ3) is 4.21. The molecule has 1 aromatic rings. The first-order chi connectivity index (χ1) is 8.92. The molecule has 108 valence electrons. The molecule has 1 N–H and O–H groups in total. The molecule has 0 spiro atoms. The third-order valence-corrected chi connectivity index (χ3v) is 4.42. The van der Waals surface area contributed by atoms with Crippen LogP contribution < -0.4 is 9.46 Å². The van der Waals surface area contributed by atoms with Gasteiger partial charge in [0, 0.05) is 6.54 Å². The largest absolute Gasteiger partial charge is 0.495 e. The number of benzene rings is 1. The highest BCUT2D eigenvalue weighted by molar-refractivity contribution is 7.89. The van der Waals surface area contributed by atoms with E-state index in [9.17, 15) is 8.42 Å². The van der Waals surface area contributed by atoms with Crippen LogP contribution in [0.15, 0.2) is 17.0 Å². The first-order valence-electron chi connectivity index (χ1n) is 6.57. The normalized spacial score (nSPS) is 11.6. The second-order valence-electron chi connectivity index (χ2n) is 4.72. The van der Waals surface area contributed by atoms with Crippen molar-refractivity contribution in [3.63, 3.8) is 0 Å². The summed E-state index contributed by atoms with van der Waals surface area (Å²) in [6.07, 6.45) is 2.93. The van der Waals surface area contributed by atoms with Gasteiger partial charge in [-0.05, 0) is 37.5 Å². The molecular weight excluding hydrogens is 262 g/mol. The molecule has 0 saturated carbocycles. The molecule has 0 bridgehead atoms. The van der Waals surface area contributed by atoms with E-state index in [2.05, 4.69) is 11.6 Å². The van der Waals surface area contributed by atoms with Crippen LogP contribution in [-0.2, 0) is 10.0 Å². The van der Waals surface area contributed by atoms with Crippen LogP contribution in [0.25, 0.3) is 0 Å². The fourth-order valence-corrected chi connectivity index (χ4v) is 3.43. The summed E-state index contributed by atoms with van der Waals surface area (Å²) in [4.78, 5) is 0.226. The van der Waals surface area contributed by atoms with Crippen molar-refractivity contribution in [3.8, 4) is 5.75 Å². The maximum Gasteiger partial charge on any atom is 0.244 e. The Morgan fingerprint density at radius 2 is 1.89 bits per heavy atom. The molecule has 1 rings (SSSR count). The van der Waals surface area contributed by atoms with E-state index >= 15 is 0 Å². The van der Waals surface area contributed by atoms with Gasteiger partial charge in [-0.1, -0.05) is 25.8 Å². The summed E-state index contributed by atoms with van der Waals surface area (Å²) in [5.41, 5.74) is 1.74. The van der Waals surface area contributed by atoms with E-state index in [0.717, 1.165) is 30.4 Å². The van der Waals surface area contributed by atoms with E-state index in [1.807, 2.05) is 19.9 Å². The number of hydrogen-bond acceptors (Lipinski definition) is 3. The maximum atomic E-state index is 12.3. The second kappa shape index (κ2) is 6.91. The third-order valence-electron chi connectivity index (χ3n) is 2.95. The molecule has 0 aromatic heterocycles. The van der Waals surface area contributed by atoms with Crippen molar-refractivity contribution in [1.82, 2.24) is 4.72 Å². The van der Waals surface area contributed by atoms with Gasteiger partial charge in [0.15, 0.2) is 0 Å². The van der Waals surface area contributed by atoms with Crippen molar-refractivity contribution in [2.45, 2.75) is 44.9 Å². The van der Waals surface area contributed by atoms with E-state index < -0.39 is 10.0 Å². The number of methoxy groups -OCH3 is 1. The van der Waals surface area contributed by atoms with Crippen LogP contribution in [0.3, 0.4) is 0 Å². The van der Waals surface area contributed by atoms with Crippen LogP contribution in [0, 0.1) is 13.8 Å². The Hall–Kier alpha value is -1.07. The van der Waals surface area contributed by atoms with Gasteiger partial charge in [-0.15, -0.1) is 0 Å². The second-order valence-corrected chi connectivity index (χ2v) is 6.45. The van der Waals surface area contributed by atoms with E-state index in [1.165, 1.54) is 7.11 Å². The number of unbranched alkanes of at least 4 members (excludes halogenated alkanes) is 2. The SMILES string of the molecule is CCCCCNS(=O)(=O)c1cc(C)cc(C)c1OC. The number of ether oxygens (including phenoxy) is 1. The van der Waals surface area contributed by atoms with Gasteiger partial charge in [-0.3, -0.25) is 0 Å². The molecule has 0 aliphatic heterocycles. The highest BCUT2D eigenvalue weighted by Gasteiger charge is 2.20. The highest BCUT2D eigenvalue weighted by atomic mass is 32.2. The maximum absolute atomic E-state index is 12.3. The number of sulfonamides is 1. The van der Waals surface area contributed by atoms with Crippen LogP contribution >= 0.6 is 0 Å². The monoisotopic (exact) mass is 285 g/mol. The zero-order valence-electron chi connectivity index (χ0n) is 12.1. The van der Waals surface area contributed by atoms with Crippen LogP contribution in [0.1, 0.15) is 37.3 Å². The first-order valence-corrected chi connectivity index (χ1v) is 8.05. The molecule has 0 saturated heterocycles. The molecule has 0 aliphatic carbocycles. The van der Waals surface area contributed by atoms with Crippen LogP contribution in [-0.4, -0.2) is 22.1 Å². The predicted molar refractivity (Wildman–Crippen MR) is 77.2 cm³/mol. The van der Waals surface area contributed by atoms with Gasteiger partial charge in [-0.2, -0.15) is 0 Å². The fraction of sp³-hybridized carbons (Fsp3) is 0.571. The topological polar surface area (TPSA) is 55.4 Å². The summed E-state index contributed by atoms with van der Waals surface area (Å²) in [7, 11) is -2.01. The van der Waals surface area contributed by atoms with Crippen molar-refractivity contribution in [2.75, 3.05) is 13.7 Å². The van der Waals surface area contributed by atoms with E-state index in [-0.39, 0.29) is 4.90 Å². The summed E-state index contributed by atoms with van der Waals surface area (Å²) >= 11 is 0. The number of rotatable bonds is 7. The fourth-order valence-electron chi connectivity index (χ4n) is 2.04. The Labute approximate surface area is 116 Å². The van der Waals surface area contributed by atoms with Crippen molar-refractivity contribution < 1.29 is 13.2 Å². The van der Waals surface area contributed by atoms with Gasteiger partial charge in [0.25, 0.3) is 0 Å². The Balaban J connectivity index is 3.00. The van der Waals surface area contributed by atoms with Crippen LogP contribution in [0.5, 0.6) is 5.75 Å². The van der Waals surface area contributed by atoms with E-state index in [0.29, 0.717) is 12.3 Å². The minimum Gasteiger partial charge on any atom is -0.495 e. The van der Waals surface area contributed by atoms with Crippen molar-refractivity contribution in [3.05, 3.63) is 23.3 Å².